The fourth-order valence-electron chi connectivity index (χ4n) is 1.95. The Morgan fingerprint density at radius 2 is 1.76 bits per heavy atom. The van der Waals surface area contributed by atoms with E-state index in [2.05, 4.69) is 20.3 Å². The molecule has 0 unspecified atom stereocenters. The van der Waals surface area contributed by atoms with Gasteiger partial charge in [0, 0.05) is 23.6 Å². The van der Waals surface area contributed by atoms with Gasteiger partial charge in [-0.1, -0.05) is 18.2 Å². The monoisotopic (exact) mass is 278 g/mol. The summed E-state index contributed by atoms with van der Waals surface area (Å²) in [6.07, 6.45) is 5.11. The molecule has 0 aliphatic heterocycles. The van der Waals surface area contributed by atoms with Gasteiger partial charge >= 0.3 is 0 Å². The number of nitrogens with one attached hydrogen (secondary N) is 1. The Balaban J connectivity index is 1.97. The van der Waals surface area contributed by atoms with Gasteiger partial charge in [0.15, 0.2) is 5.75 Å². The molecule has 5 nitrogen and oxygen atoms in total. The van der Waals surface area contributed by atoms with Gasteiger partial charge < -0.3 is 10.1 Å². The highest BCUT2D eigenvalue weighted by Crippen LogP contribution is 2.28. The van der Waals surface area contributed by atoms with E-state index in [0.717, 1.165) is 16.9 Å². The van der Waals surface area contributed by atoms with Crippen LogP contribution in [0.1, 0.15) is 0 Å². The van der Waals surface area contributed by atoms with Crippen LogP contribution in [0.25, 0.3) is 11.3 Å². The maximum absolute atomic E-state index is 5.33. The molecule has 0 saturated carbocycles. The van der Waals surface area contributed by atoms with Crippen LogP contribution in [0.3, 0.4) is 0 Å². The summed E-state index contributed by atoms with van der Waals surface area (Å²) in [5, 5.41) is 3.17. The van der Waals surface area contributed by atoms with Crippen molar-refractivity contribution in [3.63, 3.8) is 0 Å². The summed E-state index contributed by atoms with van der Waals surface area (Å²) in [5.41, 5.74) is 2.59. The highest BCUT2D eigenvalue weighted by atomic mass is 16.5. The summed E-state index contributed by atoms with van der Waals surface area (Å²) in [6.45, 7) is 0. The molecule has 3 rings (SSSR count). The molecule has 3 aromatic rings. The van der Waals surface area contributed by atoms with Crippen molar-refractivity contribution < 1.29 is 4.74 Å². The van der Waals surface area contributed by atoms with Crippen molar-refractivity contribution in [1.82, 2.24) is 15.0 Å². The quantitative estimate of drug-likeness (QED) is 0.793. The summed E-state index contributed by atoms with van der Waals surface area (Å²) in [5.74, 6) is 1.15. The van der Waals surface area contributed by atoms with Crippen LogP contribution in [-0.2, 0) is 0 Å². The largest absolute Gasteiger partial charge is 0.493 e. The van der Waals surface area contributed by atoms with Crippen LogP contribution in [0.2, 0.25) is 0 Å². The Kier molecular flexibility index (Phi) is 3.73. The Morgan fingerprint density at radius 3 is 2.48 bits per heavy atom. The van der Waals surface area contributed by atoms with Crippen LogP contribution in [0.15, 0.2) is 61.1 Å². The lowest BCUT2D eigenvalue weighted by Gasteiger charge is -2.10. The third-order valence-corrected chi connectivity index (χ3v) is 2.96. The fourth-order valence-corrected chi connectivity index (χ4v) is 1.95. The van der Waals surface area contributed by atoms with Crippen molar-refractivity contribution in [3.8, 4) is 17.0 Å². The number of aromatic nitrogens is 3. The van der Waals surface area contributed by atoms with Gasteiger partial charge in [-0.15, -0.1) is 0 Å². The van der Waals surface area contributed by atoms with E-state index in [1.165, 1.54) is 0 Å². The van der Waals surface area contributed by atoms with Gasteiger partial charge in [0.2, 0.25) is 5.95 Å². The van der Waals surface area contributed by atoms with Gasteiger partial charge in [0.25, 0.3) is 0 Å². The molecule has 0 amide bonds. The van der Waals surface area contributed by atoms with Crippen molar-refractivity contribution in [2.45, 2.75) is 0 Å². The molecule has 0 aliphatic carbocycles. The molecule has 0 saturated heterocycles. The molecule has 5 heteroatoms. The standard InChI is InChI=1S/C16H14N4O/c1-21-14-11-18-16(19-13-5-3-2-4-6-13)20-15(14)12-7-9-17-10-8-12/h2-11H,1H3,(H,18,19,20). The van der Waals surface area contributed by atoms with E-state index in [1.807, 2.05) is 42.5 Å². The van der Waals surface area contributed by atoms with Crippen molar-refractivity contribution in [2.75, 3.05) is 12.4 Å². The zero-order valence-electron chi connectivity index (χ0n) is 11.5. The number of hydrogen-bond donors (Lipinski definition) is 1. The minimum atomic E-state index is 0.522. The van der Waals surface area contributed by atoms with Crippen LogP contribution in [0, 0.1) is 0 Å². The molecule has 0 fully saturated rings. The molecule has 1 N–H and O–H groups in total. The van der Waals surface area contributed by atoms with Crippen molar-refractivity contribution in [2.24, 2.45) is 0 Å². The van der Waals surface area contributed by atoms with Gasteiger partial charge in [-0.25, -0.2) is 9.97 Å². The number of rotatable bonds is 4. The number of pyridine rings is 1. The highest BCUT2D eigenvalue weighted by molar-refractivity contribution is 5.67. The van der Waals surface area contributed by atoms with Gasteiger partial charge in [0.05, 0.1) is 13.3 Å². The van der Waals surface area contributed by atoms with Crippen LogP contribution in [0.4, 0.5) is 11.6 Å². The number of ether oxygens (including phenoxy) is 1. The van der Waals surface area contributed by atoms with E-state index >= 15 is 0 Å². The summed E-state index contributed by atoms with van der Waals surface area (Å²) >= 11 is 0. The number of nitrogens with zero attached hydrogens (tertiary/aromatic N) is 3. The van der Waals surface area contributed by atoms with Crippen LogP contribution >= 0.6 is 0 Å². The van der Waals surface area contributed by atoms with Crippen molar-refractivity contribution in [3.05, 3.63) is 61.1 Å². The lowest BCUT2D eigenvalue weighted by molar-refractivity contribution is 0.413. The average molecular weight is 278 g/mol. The molecule has 0 radical (unpaired) electrons. The third kappa shape index (κ3) is 2.97. The number of anilines is 2. The van der Waals surface area contributed by atoms with Crippen molar-refractivity contribution >= 4 is 11.6 Å². The van der Waals surface area contributed by atoms with Crippen LogP contribution in [0.5, 0.6) is 5.75 Å². The summed E-state index contributed by atoms with van der Waals surface area (Å²) in [4.78, 5) is 12.8. The predicted molar refractivity (Wildman–Crippen MR) is 81.5 cm³/mol. The Labute approximate surface area is 122 Å². The number of methoxy groups -OCH3 is 1. The molecule has 2 aromatic heterocycles. The zero-order chi connectivity index (χ0) is 14.5. The Bertz CT molecular complexity index is 717. The van der Waals surface area contributed by atoms with E-state index in [9.17, 15) is 0 Å². The summed E-state index contributed by atoms with van der Waals surface area (Å²) in [7, 11) is 1.60. The Hall–Kier alpha value is -2.95. The summed E-state index contributed by atoms with van der Waals surface area (Å²) < 4.78 is 5.33. The van der Waals surface area contributed by atoms with E-state index in [0.29, 0.717) is 11.7 Å². The lowest BCUT2D eigenvalue weighted by atomic mass is 10.2. The Morgan fingerprint density at radius 1 is 1.00 bits per heavy atom. The van der Waals surface area contributed by atoms with Gasteiger partial charge in [-0.3, -0.25) is 4.98 Å². The first kappa shape index (κ1) is 13.1. The number of benzene rings is 1. The maximum atomic E-state index is 5.33. The number of para-hydroxylation sites is 1. The molecule has 21 heavy (non-hydrogen) atoms. The lowest BCUT2D eigenvalue weighted by Crippen LogP contribution is -2.00. The van der Waals surface area contributed by atoms with E-state index in [-0.39, 0.29) is 0 Å². The van der Waals surface area contributed by atoms with Gasteiger partial charge in [-0.2, -0.15) is 0 Å². The minimum absolute atomic E-state index is 0.522. The zero-order valence-corrected chi connectivity index (χ0v) is 11.5. The SMILES string of the molecule is COc1cnc(Nc2ccccc2)nc1-c1ccncc1. The van der Waals surface area contributed by atoms with Crippen LogP contribution in [-0.4, -0.2) is 22.1 Å². The van der Waals surface area contributed by atoms with Gasteiger partial charge in [-0.05, 0) is 24.3 Å². The predicted octanol–water partition coefficient (Wildman–Crippen LogP) is 3.29. The highest BCUT2D eigenvalue weighted by Gasteiger charge is 2.10. The van der Waals surface area contributed by atoms with E-state index < -0.39 is 0 Å². The molecular weight excluding hydrogens is 264 g/mol. The smallest absolute Gasteiger partial charge is 0.227 e. The van der Waals surface area contributed by atoms with Gasteiger partial charge in [0.1, 0.15) is 5.69 Å². The second-order valence-electron chi connectivity index (χ2n) is 4.34. The molecule has 0 spiro atoms. The topological polar surface area (TPSA) is 59.9 Å². The van der Waals surface area contributed by atoms with E-state index in [4.69, 9.17) is 4.74 Å². The maximum Gasteiger partial charge on any atom is 0.227 e. The second kappa shape index (κ2) is 6.00. The average Bonchev–Trinajstić information content (AvgIpc) is 2.56. The molecule has 2 heterocycles. The molecule has 0 atom stereocenters. The molecular formula is C16H14N4O. The first-order chi connectivity index (χ1) is 10.4. The van der Waals surface area contributed by atoms with E-state index in [1.54, 1.807) is 25.7 Å². The first-order valence-electron chi connectivity index (χ1n) is 6.50. The molecule has 0 bridgehead atoms. The first-order valence-corrected chi connectivity index (χ1v) is 6.50. The second-order valence-corrected chi connectivity index (χ2v) is 4.34. The number of hydrogen-bond acceptors (Lipinski definition) is 5. The minimum Gasteiger partial charge on any atom is -0.493 e. The third-order valence-electron chi connectivity index (χ3n) is 2.96. The fraction of sp³-hybridized carbons (Fsp3) is 0.0625. The van der Waals surface area contributed by atoms with Crippen molar-refractivity contribution in [1.29, 1.82) is 0 Å². The van der Waals surface area contributed by atoms with Crippen LogP contribution < -0.4 is 10.1 Å². The molecule has 104 valence electrons. The summed E-state index contributed by atoms with van der Waals surface area (Å²) in [6, 6.07) is 13.6. The normalized spacial score (nSPS) is 10.1. The molecule has 1 aromatic carbocycles. The molecule has 0 aliphatic rings.